The number of methoxy groups -OCH3 is 2. The first-order valence-electron chi connectivity index (χ1n) is 8.01. The Morgan fingerprint density at radius 2 is 1.65 bits per heavy atom. The van der Waals surface area contributed by atoms with Gasteiger partial charge in [-0.25, -0.2) is 4.79 Å². The van der Waals surface area contributed by atoms with E-state index in [9.17, 15) is 9.59 Å². The second-order valence-electron chi connectivity index (χ2n) is 5.88. The van der Waals surface area contributed by atoms with Gasteiger partial charge < -0.3 is 25.0 Å². The van der Waals surface area contributed by atoms with E-state index in [4.69, 9.17) is 9.47 Å². The summed E-state index contributed by atoms with van der Waals surface area (Å²) in [6.45, 7) is 0.336. The molecule has 0 aromatic heterocycles. The molecule has 0 atom stereocenters. The molecule has 138 valence electrons. The molecule has 26 heavy (non-hydrogen) atoms. The molecule has 0 heterocycles. The molecule has 7 heteroatoms. The number of nitrogens with one attached hydrogen (secondary N) is 2. The van der Waals surface area contributed by atoms with Crippen LogP contribution in [-0.4, -0.2) is 51.6 Å². The molecule has 2 rings (SSSR count). The Morgan fingerprint density at radius 3 is 2.23 bits per heavy atom. The van der Waals surface area contributed by atoms with Crippen LogP contribution in [0.3, 0.4) is 0 Å². The maximum atomic E-state index is 12.2. The van der Waals surface area contributed by atoms with Gasteiger partial charge >= 0.3 is 6.03 Å². The Balaban J connectivity index is 2.03. The van der Waals surface area contributed by atoms with E-state index in [1.165, 1.54) is 7.11 Å². The second-order valence-corrected chi connectivity index (χ2v) is 5.88. The van der Waals surface area contributed by atoms with Crippen LogP contribution in [0.25, 0.3) is 0 Å². The van der Waals surface area contributed by atoms with Crippen LogP contribution in [0.15, 0.2) is 42.5 Å². The highest BCUT2D eigenvalue weighted by Gasteiger charge is 2.10. The van der Waals surface area contributed by atoms with Gasteiger partial charge in [0.25, 0.3) is 0 Å². The molecule has 0 fully saturated rings. The fourth-order valence-corrected chi connectivity index (χ4v) is 2.31. The Kier molecular flexibility index (Phi) is 6.57. The van der Waals surface area contributed by atoms with Gasteiger partial charge in [0, 0.05) is 17.3 Å². The molecule has 0 aliphatic rings. The number of nitrogens with zero attached hydrogens (tertiary/aromatic N) is 1. The van der Waals surface area contributed by atoms with Crippen LogP contribution < -0.4 is 20.1 Å². The van der Waals surface area contributed by atoms with Gasteiger partial charge in [-0.2, -0.15) is 0 Å². The lowest BCUT2D eigenvalue weighted by Gasteiger charge is -2.13. The van der Waals surface area contributed by atoms with E-state index in [-0.39, 0.29) is 5.78 Å². The Morgan fingerprint density at radius 1 is 0.962 bits per heavy atom. The summed E-state index contributed by atoms with van der Waals surface area (Å²) in [5, 5.41) is 5.44. The predicted octanol–water partition coefficient (Wildman–Crippen LogP) is 3.09. The van der Waals surface area contributed by atoms with Crippen LogP contribution in [0.2, 0.25) is 0 Å². The van der Waals surface area contributed by atoms with E-state index in [0.29, 0.717) is 35.0 Å². The summed E-state index contributed by atoms with van der Waals surface area (Å²) >= 11 is 0. The number of anilines is 2. The molecule has 7 nitrogen and oxygen atoms in total. The average Bonchev–Trinajstić information content (AvgIpc) is 2.61. The Hall–Kier alpha value is -3.06. The van der Waals surface area contributed by atoms with Crippen LogP contribution in [0.5, 0.6) is 11.5 Å². The zero-order chi connectivity index (χ0) is 19.1. The molecule has 0 unspecified atom stereocenters. The van der Waals surface area contributed by atoms with Gasteiger partial charge in [0.15, 0.2) is 5.78 Å². The lowest BCUT2D eigenvalue weighted by molar-refractivity contribution is 0.0958. The van der Waals surface area contributed by atoms with Crippen LogP contribution in [-0.2, 0) is 0 Å². The summed E-state index contributed by atoms with van der Waals surface area (Å²) in [6, 6.07) is 11.4. The fourth-order valence-electron chi connectivity index (χ4n) is 2.31. The van der Waals surface area contributed by atoms with Crippen LogP contribution in [0.4, 0.5) is 16.2 Å². The third-order valence-electron chi connectivity index (χ3n) is 3.58. The highest BCUT2D eigenvalue weighted by molar-refractivity contribution is 6.02. The quantitative estimate of drug-likeness (QED) is 0.745. The first-order valence-corrected chi connectivity index (χ1v) is 8.01. The number of ether oxygens (including phenoxy) is 2. The Bertz CT molecular complexity index is 773. The summed E-state index contributed by atoms with van der Waals surface area (Å²) < 4.78 is 10.4. The number of likely N-dealkylation sites (N-methyl/N-ethyl adjacent to an activating group) is 1. The highest BCUT2D eigenvalue weighted by Crippen LogP contribution is 2.29. The van der Waals surface area contributed by atoms with Gasteiger partial charge in [-0.1, -0.05) is 0 Å². The van der Waals surface area contributed by atoms with E-state index in [1.54, 1.807) is 49.6 Å². The molecule has 2 aromatic rings. The standard InChI is InChI=1S/C19H23N3O4/c1-22(2)12-17(23)13-5-7-14(8-6-13)20-19(24)21-16-11-15(25-3)9-10-18(16)26-4/h5-11H,12H2,1-4H3,(H2,20,21,24). The molecular weight excluding hydrogens is 334 g/mol. The molecule has 2 amide bonds. The van der Waals surface area contributed by atoms with E-state index in [2.05, 4.69) is 10.6 Å². The number of carbonyl (C=O) groups excluding carboxylic acids is 2. The van der Waals surface area contributed by atoms with Gasteiger partial charge in [0.2, 0.25) is 0 Å². The lowest BCUT2D eigenvalue weighted by Crippen LogP contribution is -2.22. The van der Waals surface area contributed by atoms with Crippen molar-refractivity contribution in [3.8, 4) is 11.5 Å². The van der Waals surface area contributed by atoms with Crippen molar-refractivity contribution in [1.29, 1.82) is 0 Å². The number of carbonyl (C=O) groups is 2. The fraction of sp³-hybridized carbons (Fsp3) is 0.263. The number of urea groups is 1. The molecule has 0 radical (unpaired) electrons. The van der Waals surface area contributed by atoms with Crippen molar-refractivity contribution < 1.29 is 19.1 Å². The van der Waals surface area contributed by atoms with Crippen molar-refractivity contribution >= 4 is 23.2 Å². The van der Waals surface area contributed by atoms with Gasteiger partial charge in [0.1, 0.15) is 11.5 Å². The largest absolute Gasteiger partial charge is 0.497 e. The predicted molar refractivity (Wildman–Crippen MR) is 102 cm³/mol. The number of hydrogen-bond acceptors (Lipinski definition) is 5. The summed E-state index contributed by atoms with van der Waals surface area (Å²) in [4.78, 5) is 26.0. The summed E-state index contributed by atoms with van der Waals surface area (Å²) in [6.07, 6.45) is 0. The summed E-state index contributed by atoms with van der Waals surface area (Å²) in [5.41, 5.74) is 1.66. The number of benzene rings is 2. The van der Waals surface area contributed by atoms with Crippen molar-refractivity contribution in [2.24, 2.45) is 0 Å². The van der Waals surface area contributed by atoms with Crippen molar-refractivity contribution in [3.05, 3.63) is 48.0 Å². The molecule has 0 saturated heterocycles. The molecule has 0 saturated carbocycles. The van der Waals surface area contributed by atoms with Gasteiger partial charge in [-0.3, -0.25) is 4.79 Å². The minimum absolute atomic E-state index is 0.0205. The number of hydrogen-bond donors (Lipinski definition) is 2. The first kappa shape index (κ1) is 19.3. The van der Waals surface area contributed by atoms with E-state index in [1.807, 2.05) is 19.0 Å². The average molecular weight is 357 g/mol. The molecule has 0 spiro atoms. The molecule has 2 N–H and O–H groups in total. The van der Waals surface area contributed by atoms with Crippen molar-refractivity contribution in [2.45, 2.75) is 0 Å². The zero-order valence-corrected chi connectivity index (χ0v) is 15.3. The highest BCUT2D eigenvalue weighted by atomic mass is 16.5. The molecule has 2 aromatic carbocycles. The van der Waals surface area contributed by atoms with Crippen molar-refractivity contribution in [3.63, 3.8) is 0 Å². The van der Waals surface area contributed by atoms with Crippen LogP contribution in [0, 0.1) is 0 Å². The lowest BCUT2D eigenvalue weighted by atomic mass is 10.1. The first-order chi connectivity index (χ1) is 12.4. The smallest absolute Gasteiger partial charge is 0.323 e. The third-order valence-corrected chi connectivity index (χ3v) is 3.58. The van der Waals surface area contributed by atoms with Crippen molar-refractivity contribution in [1.82, 2.24) is 4.90 Å². The monoisotopic (exact) mass is 357 g/mol. The molecular formula is C19H23N3O4. The van der Waals surface area contributed by atoms with E-state index in [0.717, 1.165) is 0 Å². The Labute approximate surface area is 152 Å². The number of Topliss-reactive ketones (excluding diaryl/α,β-unsaturated/α-hetero) is 1. The summed E-state index contributed by atoms with van der Waals surface area (Å²) in [7, 11) is 6.75. The SMILES string of the molecule is COc1ccc(OC)c(NC(=O)Nc2ccc(C(=O)CN(C)C)cc2)c1. The summed E-state index contributed by atoms with van der Waals surface area (Å²) in [5.74, 6) is 1.14. The van der Waals surface area contributed by atoms with Crippen LogP contribution in [0.1, 0.15) is 10.4 Å². The van der Waals surface area contributed by atoms with E-state index >= 15 is 0 Å². The number of amides is 2. The van der Waals surface area contributed by atoms with Crippen molar-refractivity contribution in [2.75, 3.05) is 45.5 Å². The number of ketones is 1. The molecule has 0 bridgehead atoms. The maximum absolute atomic E-state index is 12.2. The van der Waals surface area contributed by atoms with Gasteiger partial charge in [-0.05, 0) is 50.5 Å². The van der Waals surface area contributed by atoms with Gasteiger partial charge in [-0.15, -0.1) is 0 Å². The normalized spacial score (nSPS) is 10.3. The minimum Gasteiger partial charge on any atom is -0.497 e. The zero-order valence-electron chi connectivity index (χ0n) is 15.3. The van der Waals surface area contributed by atoms with E-state index < -0.39 is 6.03 Å². The minimum atomic E-state index is -0.427. The maximum Gasteiger partial charge on any atom is 0.323 e. The molecule has 0 aliphatic heterocycles. The second kappa shape index (κ2) is 8.87. The topological polar surface area (TPSA) is 79.9 Å². The van der Waals surface area contributed by atoms with Crippen LogP contribution >= 0.6 is 0 Å². The molecule has 0 aliphatic carbocycles. The number of rotatable bonds is 7. The van der Waals surface area contributed by atoms with Gasteiger partial charge in [0.05, 0.1) is 26.5 Å². The third kappa shape index (κ3) is 5.22.